The predicted octanol–water partition coefficient (Wildman–Crippen LogP) is 11.2. The number of nitrogens with zero attached hydrogens (tertiary/aromatic N) is 4. The lowest BCUT2D eigenvalue weighted by Crippen LogP contribution is -1.98. The minimum atomic E-state index is 0.710. The minimum absolute atomic E-state index is 0.710. The summed E-state index contributed by atoms with van der Waals surface area (Å²) in [6.07, 6.45) is 0. The Hall–Kier alpha value is -6.52. The van der Waals surface area contributed by atoms with Crippen LogP contribution in [0.5, 0.6) is 0 Å². The van der Waals surface area contributed by atoms with Crippen LogP contribution in [0.1, 0.15) is 0 Å². The molecule has 4 nitrogen and oxygen atoms in total. The fourth-order valence-electron chi connectivity index (χ4n) is 7.44. The van der Waals surface area contributed by atoms with E-state index in [0.29, 0.717) is 5.82 Å². The van der Waals surface area contributed by atoms with Gasteiger partial charge in [-0.2, -0.15) is 0 Å². The molecule has 48 heavy (non-hydrogen) atoms. The number of aromatic nitrogens is 4. The average Bonchev–Trinajstić information content (AvgIpc) is 3.68. The summed E-state index contributed by atoms with van der Waals surface area (Å²) < 4.78 is 4.81. The van der Waals surface area contributed by atoms with E-state index in [1.807, 2.05) is 12.1 Å². The van der Waals surface area contributed by atoms with Crippen molar-refractivity contribution in [3.05, 3.63) is 170 Å². The van der Waals surface area contributed by atoms with Crippen molar-refractivity contribution in [3.8, 4) is 34.0 Å². The lowest BCUT2D eigenvalue weighted by atomic mass is 10.1. The van der Waals surface area contributed by atoms with Crippen molar-refractivity contribution in [2.24, 2.45) is 0 Å². The van der Waals surface area contributed by atoms with Gasteiger partial charge in [0.1, 0.15) is 0 Å². The number of benzene rings is 7. The van der Waals surface area contributed by atoms with E-state index in [-0.39, 0.29) is 0 Å². The van der Waals surface area contributed by atoms with Crippen LogP contribution < -0.4 is 0 Å². The molecule has 0 atom stereocenters. The van der Waals surface area contributed by atoms with Crippen molar-refractivity contribution >= 4 is 54.5 Å². The van der Waals surface area contributed by atoms with E-state index >= 15 is 0 Å². The molecule has 0 aliphatic heterocycles. The Morgan fingerprint density at radius 1 is 0.375 bits per heavy atom. The molecule has 10 aromatic rings. The first-order valence-corrected chi connectivity index (χ1v) is 16.3. The van der Waals surface area contributed by atoms with Gasteiger partial charge in [0.05, 0.1) is 33.3 Å². The van der Waals surface area contributed by atoms with Gasteiger partial charge in [-0.25, -0.2) is 9.97 Å². The first-order valence-electron chi connectivity index (χ1n) is 16.3. The molecule has 7 aromatic carbocycles. The topological polar surface area (TPSA) is 35.6 Å². The van der Waals surface area contributed by atoms with Crippen molar-refractivity contribution in [2.75, 3.05) is 0 Å². The van der Waals surface area contributed by atoms with Crippen LogP contribution in [0.3, 0.4) is 0 Å². The Bertz CT molecular complexity index is 2830. The first kappa shape index (κ1) is 26.7. The third-order valence-electron chi connectivity index (χ3n) is 9.50. The quantitative estimate of drug-likeness (QED) is 0.198. The maximum atomic E-state index is 5.18. The normalized spacial score (nSPS) is 11.8. The Balaban J connectivity index is 1.25. The van der Waals surface area contributed by atoms with Crippen LogP contribution in [0, 0.1) is 0 Å². The van der Waals surface area contributed by atoms with Crippen LogP contribution in [-0.4, -0.2) is 19.1 Å². The highest BCUT2D eigenvalue weighted by atomic mass is 15.0. The van der Waals surface area contributed by atoms with Gasteiger partial charge in [0, 0.05) is 49.4 Å². The first-order chi connectivity index (χ1) is 23.8. The average molecular weight is 613 g/mol. The zero-order valence-corrected chi connectivity index (χ0v) is 26.0. The summed E-state index contributed by atoms with van der Waals surface area (Å²) in [5.41, 5.74) is 10.9. The molecule has 3 heterocycles. The van der Waals surface area contributed by atoms with Gasteiger partial charge in [0.15, 0.2) is 5.82 Å². The monoisotopic (exact) mass is 612 g/mol. The van der Waals surface area contributed by atoms with E-state index in [0.717, 1.165) is 50.1 Å². The second-order valence-corrected chi connectivity index (χ2v) is 12.2. The van der Waals surface area contributed by atoms with Gasteiger partial charge in [0.2, 0.25) is 0 Å². The molecule has 0 radical (unpaired) electrons. The zero-order chi connectivity index (χ0) is 31.6. The number of fused-ring (bicyclic) bond motifs is 8. The highest BCUT2D eigenvalue weighted by molar-refractivity contribution is 6.26. The smallest absolute Gasteiger partial charge is 0.160 e. The van der Waals surface area contributed by atoms with Crippen molar-refractivity contribution in [1.29, 1.82) is 0 Å². The largest absolute Gasteiger partial charge is 0.309 e. The summed E-state index contributed by atoms with van der Waals surface area (Å²) in [4.78, 5) is 10.2. The highest BCUT2D eigenvalue weighted by Gasteiger charge is 2.21. The number of hydrogen-bond donors (Lipinski definition) is 0. The zero-order valence-electron chi connectivity index (χ0n) is 26.0. The van der Waals surface area contributed by atoms with Crippen molar-refractivity contribution in [2.45, 2.75) is 0 Å². The molecule has 0 fully saturated rings. The summed E-state index contributed by atoms with van der Waals surface area (Å²) >= 11 is 0. The number of hydrogen-bond acceptors (Lipinski definition) is 2. The Labute approximate surface area is 276 Å². The molecule has 4 heteroatoms. The predicted molar refractivity (Wildman–Crippen MR) is 199 cm³/mol. The van der Waals surface area contributed by atoms with E-state index in [2.05, 4.69) is 167 Å². The molecule has 0 bridgehead atoms. The van der Waals surface area contributed by atoms with Crippen LogP contribution in [0.2, 0.25) is 0 Å². The molecular weight excluding hydrogens is 585 g/mol. The molecule has 0 N–H and O–H groups in total. The van der Waals surface area contributed by atoms with E-state index < -0.39 is 0 Å². The molecule has 3 aromatic heterocycles. The summed E-state index contributed by atoms with van der Waals surface area (Å²) in [7, 11) is 0. The van der Waals surface area contributed by atoms with E-state index in [9.17, 15) is 0 Å². The SMILES string of the molecule is c1ccc(-c2nc(-c3cccc(-n4c5ccccc5c5c4ccc4c6ccccc6n(-c6ccccc6)c45)c3)nc3ccccc23)cc1. The molecule has 0 unspecified atom stereocenters. The Kier molecular flexibility index (Phi) is 5.84. The summed E-state index contributed by atoms with van der Waals surface area (Å²) in [6.45, 7) is 0. The fraction of sp³-hybridized carbons (Fsp3) is 0. The molecular formula is C44H28N4. The van der Waals surface area contributed by atoms with Gasteiger partial charge in [-0.1, -0.05) is 121 Å². The summed E-state index contributed by atoms with van der Waals surface area (Å²) in [5.74, 6) is 0.710. The van der Waals surface area contributed by atoms with Gasteiger partial charge in [-0.3, -0.25) is 0 Å². The molecule has 0 spiro atoms. The second-order valence-electron chi connectivity index (χ2n) is 12.2. The van der Waals surface area contributed by atoms with Gasteiger partial charge in [-0.05, 0) is 48.5 Å². The van der Waals surface area contributed by atoms with Crippen LogP contribution in [0.4, 0.5) is 0 Å². The van der Waals surface area contributed by atoms with Crippen LogP contribution in [0.15, 0.2) is 170 Å². The fourth-order valence-corrected chi connectivity index (χ4v) is 7.44. The lowest BCUT2D eigenvalue weighted by Gasteiger charge is -2.12. The maximum Gasteiger partial charge on any atom is 0.160 e. The number of rotatable bonds is 4. The van der Waals surface area contributed by atoms with Crippen molar-refractivity contribution in [3.63, 3.8) is 0 Å². The highest BCUT2D eigenvalue weighted by Crippen LogP contribution is 2.42. The van der Waals surface area contributed by atoms with Gasteiger partial charge in [0.25, 0.3) is 0 Å². The standard InChI is InChI=1S/C44H28N4/c1-3-14-29(15-4-1)42-35-21-7-10-23-37(35)45-44(46-42)30-16-13-19-32(28-30)47-39-25-12-9-22-36(39)41-40(47)27-26-34-33-20-8-11-24-38(33)48(43(34)41)31-17-5-2-6-18-31/h1-28H. The minimum Gasteiger partial charge on any atom is -0.309 e. The molecule has 10 rings (SSSR count). The van der Waals surface area contributed by atoms with Crippen LogP contribution in [0.25, 0.3) is 88.5 Å². The third kappa shape index (κ3) is 3.96. The molecule has 0 aliphatic rings. The molecule has 0 aliphatic carbocycles. The Morgan fingerprint density at radius 3 is 1.81 bits per heavy atom. The second kappa shape index (κ2) is 10.5. The summed E-state index contributed by atoms with van der Waals surface area (Å²) in [6, 6.07) is 60.0. The maximum absolute atomic E-state index is 5.18. The number of para-hydroxylation sites is 4. The van der Waals surface area contributed by atoms with Gasteiger partial charge < -0.3 is 9.13 Å². The van der Waals surface area contributed by atoms with E-state index in [1.54, 1.807) is 0 Å². The van der Waals surface area contributed by atoms with Gasteiger partial charge >= 0.3 is 0 Å². The molecule has 224 valence electrons. The van der Waals surface area contributed by atoms with E-state index in [1.165, 1.54) is 32.6 Å². The van der Waals surface area contributed by atoms with Crippen LogP contribution in [-0.2, 0) is 0 Å². The van der Waals surface area contributed by atoms with Crippen molar-refractivity contribution < 1.29 is 0 Å². The lowest BCUT2D eigenvalue weighted by molar-refractivity contribution is 1.17. The third-order valence-corrected chi connectivity index (χ3v) is 9.50. The van der Waals surface area contributed by atoms with Crippen LogP contribution >= 0.6 is 0 Å². The summed E-state index contributed by atoms with van der Waals surface area (Å²) in [5, 5.41) is 6.00. The molecule has 0 amide bonds. The van der Waals surface area contributed by atoms with Crippen molar-refractivity contribution in [1.82, 2.24) is 19.1 Å². The molecule has 0 saturated carbocycles. The Morgan fingerprint density at radius 2 is 1.00 bits per heavy atom. The molecule has 0 saturated heterocycles. The van der Waals surface area contributed by atoms with E-state index in [4.69, 9.17) is 9.97 Å². The van der Waals surface area contributed by atoms with Gasteiger partial charge in [-0.15, -0.1) is 0 Å².